The zero-order chi connectivity index (χ0) is 12.4. The normalized spacial score (nSPS) is 11.2. The number of ketones is 1. The summed E-state index contributed by atoms with van der Waals surface area (Å²) in [7, 11) is 2.78. The van der Waals surface area contributed by atoms with E-state index in [-0.39, 0.29) is 11.5 Å². The van der Waals surface area contributed by atoms with Crippen LogP contribution in [-0.2, 0) is 9.47 Å². The molecule has 90 valence electrons. The van der Waals surface area contributed by atoms with E-state index >= 15 is 0 Å². The van der Waals surface area contributed by atoms with Gasteiger partial charge in [0.15, 0.2) is 0 Å². The van der Waals surface area contributed by atoms with Gasteiger partial charge in [-0.1, -0.05) is 0 Å². The molecule has 0 fully saturated rings. The van der Waals surface area contributed by atoms with Crippen LogP contribution in [0.4, 0.5) is 0 Å². The number of carbonyl (C=O) groups excluding carboxylic acids is 1. The Balaban J connectivity index is 2.42. The lowest BCUT2D eigenvalue weighted by Crippen LogP contribution is -2.24. The maximum absolute atomic E-state index is 11.9. The van der Waals surface area contributed by atoms with Gasteiger partial charge in [-0.05, 0) is 18.2 Å². The first kappa shape index (κ1) is 11.6. The lowest BCUT2D eigenvalue weighted by atomic mass is 10.1. The van der Waals surface area contributed by atoms with E-state index in [9.17, 15) is 9.59 Å². The number of nitrogens with one attached hydrogen (secondary N) is 2. The number of imidazole rings is 1. The van der Waals surface area contributed by atoms with Crippen molar-refractivity contribution in [3.8, 4) is 0 Å². The molecule has 1 aromatic heterocycles. The summed E-state index contributed by atoms with van der Waals surface area (Å²) in [6, 6.07) is 4.85. The lowest BCUT2D eigenvalue weighted by Gasteiger charge is -2.11. The minimum atomic E-state index is -0.932. The van der Waals surface area contributed by atoms with E-state index < -0.39 is 6.29 Å². The van der Waals surface area contributed by atoms with Crippen molar-refractivity contribution >= 4 is 16.8 Å². The van der Waals surface area contributed by atoms with Crippen LogP contribution in [0.2, 0.25) is 0 Å². The van der Waals surface area contributed by atoms with E-state index in [1.165, 1.54) is 14.2 Å². The van der Waals surface area contributed by atoms with E-state index in [1.807, 2.05) is 0 Å². The van der Waals surface area contributed by atoms with E-state index in [0.29, 0.717) is 16.6 Å². The summed E-state index contributed by atoms with van der Waals surface area (Å²) in [5, 5.41) is 0. The first-order chi connectivity index (χ1) is 8.15. The number of Topliss-reactive ketones (excluding diaryl/α,β-unsaturated/α-hetero) is 1. The molecule has 0 spiro atoms. The summed E-state index contributed by atoms with van der Waals surface area (Å²) >= 11 is 0. The number of fused-ring (bicyclic) bond motifs is 1. The maximum Gasteiger partial charge on any atom is 0.323 e. The Kier molecular flexibility index (Phi) is 3.08. The van der Waals surface area contributed by atoms with Crippen LogP contribution in [0.3, 0.4) is 0 Å². The summed E-state index contributed by atoms with van der Waals surface area (Å²) in [5.41, 5.74) is 1.34. The van der Waals surface area contributed by atoms with Crippen molar-refractivity contribution in [3.05, 3.63) is 34.2 Å². The van der Waals surface area contributed by atoms with Crippen LogP contribution in [0.15, 0.2) is 23.0 Å². The van der Waals surface area contributed by atoms with Crippen LogP contribution in [0.5, 0.6) is 0 Å². The van der Waals surface area contributed by atoms with Gasteiger partial charge < -0.3 is 19.4 Å². The Morgan fingerprint density at radius 3 is 2.47 bits per heavy atom. The van der Waals surface area contributed by atoms with E-state index in [4.69, 9.17) is 9.47 Å². The van der Waals surface area contributed by atoms with Crippen LogP contribution in [-0.4, -0.2) is 36.3 Å². The zero-order valence-corrected chi connectivity index (χ0v) is 9.44. The number of hydrogen-bond donors (Lipinski definition) is 2. The van der Waals surface area contributed by atoms with Gasteiger partial charge in [-0.15, -0.1) is 0 Å². The second-order valence-electron chi connectivity index (χ2n) is 3.51. The van der Waals surface area contributed by atoms with Gasteiger partial charge in [0.1, 0.15) is 0 Å². The lowest BCUT2D eigenvalue weighted by molar-refractivity contribution is -0.0742. The molecule has 0 amide bonds. The summed E-state index contributed by atoms with van der Waals surface area (Å²) in [4.78, 5) is 28.2. The van der Waals surface area contributed by atoms with Crippen LogP contribution in [0, 0.1) is 0 Å². The number of ether oxygens (including phenoxy) is 2. The van der Waals surface area contributed by atoms with E-state index in [2.05, 4.69) is 9.97 Å². The third-order valence-electron chi connectivity index (χ3n) is 2.44. The Hall–Kier alpha value is -1.92. The molecule has 0 aliphatic carbocycles. The molecule has 0 aliphatic rings. The maximum atomic E-state index is 11.9. The number of H-pyrrole nitrogens is 2. The largest absolute Gasteiger partial charge is 0.349 e. The number of methoxy groups -OCH3 is 2. The Labute approximate surface area is 96.6 Å². The molecular formula is C11H12N2O4. The molecule has 0 radical (unpaired) electrons. The standard InChI is InChI=1S/C11H12N2O4/c1-16-10(17-2)9(14)6-3-4-7-8(5-6)13-11(15)12-7/h3-5,10H,1-2H3,(H2,12,13,15). The first-order valence-electron chi connectivity index (χ1n) is 4.97. The number of benzene rings is 1. The van der Waals surface area contributed by atoms with Crippen molar-refractivity contribution in [3.63, 3.8) is 0 Å². The van der Waals surface area contributed by atoms with Crippen molar-refractivity contribution < 1.29 is 14.3 Å². The quantitative estimate of drug-likeness (QED) is 0.603. The average Bonchev–Trinajstić information content (AvgIpc) is 2.69. The predicted molar refractivity (Wildman–Crippen MR) is 61.1 cm³/mol. The summed E-state index contributed by atoms with van der Waals surface area (Å²) < 4.78 is 9.76. The highest BCUT2D eigenvalue weighted by Gasteiger charge is 2.19. The van der Waals surface area contributed by atoms with Crippen LogP contribution in [0.25, 0.3) is 11.0 Å². The van der Waals surface area contributed by atoms with Crippen molar-refractivity contribution in [1.82, 2.24) is 9.97 Å². The molecule has 17 heavy (non-hydrogen) atoms. The molecule has 0 atom stereocenters. The Morgan fingerprint density at radius 1 is 1.18 bits per heavy atom. The SMILES string of the molecule is COC(OC)C(=O)c1ccc2[nH]c(=O)[nH]c2c1. The van der Waals surface area contributed by atoms with Gasteiger partial charge in [-0.25, -0.2) is 4.79 Å². The number of carbonyl (C=O) groups is 1. The number of aromatic amines is 2. The fraction of sp³-hybridized carbons (Fsp3) is 0.273. The van der Waals surface area contributed by atoms with Gasteiger partial charge in [-0.3, -0.25) is 4.79 Å². The molecule has 6 nitrogen and oxygen atoms in total. The number of rotatable bonds is 4. The molecule has 0 unspecified atom stereocenters. The van der Waals surface area contributed by atoms with Gasteiger partial charge >= 0.3 is 5.69 Å². The van der Waals surface area contributed by atoms with Gasteiger partial charge in [0.2, 0.25) is 12.1 Å². The average molecular weight is 236 g/mol. The fourth-order valence-corrected chi connectivity index (χ4v) is 1.63. The number of hydrogen-bond acceptors (Lipinski definition) is 4. The van der Waals surface area contributed by atoms with Crippen molar-refractivity contribution in [2.24, 2.45) is 0 Å². The Morgan fingerprint density at radius 2 is 1.82 bits per heavy atom. The summed E-state index contributed by atoms with van der Waals surface area (Å²) in [6.07, 6.45) is -0.932. The molecular weight excluding hydrogens is 224 g/mol. The first-order valence-corrected chi connectivity index (χ1v) is 4.97. The zero-order valence-electron chi connectivity index (χ0n) is 9.44. The molecule has 2 aromatic rings. The highest BCUT2D eigenvalue weighted by atomic mass is 16.7. The van der Waals surface area contributed by atoms with Gasteiger partial charge in [-0.2, -0.15) is 0 Å². The molecule has 2 N–H and O–H groups in total. The monoisotopic (exact) mass is 236 g/mol. The van der Waals surface area contributed by atoms with Gasteiger partial charge in [0.05, 0.1) is 11.0 Å². The van der Waals surface area contributed by atoms with Gasteiger partial charge in [0.25, 0.3) is 0 Å². The Bertz CT molecular complexity index is 595. The molecule has 6 heteroatoms. The van der Waals surface area contributed by atoms with Crippen LogP contribution >= 0.6 is 0 Å². The minimum absolute atomic E-state index is 0.293. The van der Waals surface area contributed by atoms with E-state index in [0.717, 1.165) is 0 Å². The van der Waals surface area contributed by atoms with Crippen molar-refractivity contribution in [2.75, 3.05) is 14.2 Å². The predicted octanol–water partition coefficient (Wildman–Crippen LogP) is 0.658. The molecule has 1 heterocycles. The minimum Gasteiger partial charge on any atom is -0.349 e. The molecule has 0 saturated carbocycles. The van der Waals surface area contributed by atoms with Crippen molar-refractivity contribution in [2.45, 2.75) is 6.29 Å². The summed E-state index contributed by atoms with van der Waals surface area (Å²) in [6.45, 7) is 0. The van der Waals surface area contributed by atoms with Crippen LogP contribution < -0.4 is 5.69 Å². The fourth-order valence-electron chi connectivity index (χ4n) is 1.63. The second kappa shape index (κ2) is 4.52. The third kappa shape index (κ3) is 2.13. The van der Waals surface area contributed by atoms with Crippen LogP contribution in [0.1, 0.15) is 10.4 Å². The third-order valence-corrected chi connectivity index (χ3v) is 2.44. The smallest absolute Gasteiger partial charge is 0.323 e. The van der Waals surface area contributed by atoms with E-state index in [1.54, 1.807) is 18.2 Å². The van der Waals surface area contributed by atoms with Gasteiger partial charge in [0, 0.05) is 19.8 Å². The highest BCUT2D eigenvalue weighted by molar-refractivity contribution is 6.01. The molecule has 1 aromatic carbocycles. The summed E-state index contributed by atoms with van der Waals surface area (Å²) in [5.74, 6) is -0.293. The topological polar surface area (TPSA) is 84.2 Å². The molecule has 0 saturated heterocycles. The molecule has 0 aliphatic heterocycles. The van der Waals surface area contributed by atoms with Crippen molar-refractivity contribution in [1.29, 1.82) is 0 Å². The number of aromatic nitrogens is 2. The second-order valence-corrected chi connectivity index (χ2v) is 3.51. The molecule has 2 rings (SSSR count). The molecule has 0 bridgehead atoms. The highest BCUT2D eigenvalue weighted by Crippen LogP contribution is 2.13.